The molecule has 0 aliphatic carbocycles. The number of fused-ring (bicyclic) bond motifs is 2. The average Bonchev–Trinajstić information content (AvgIpc) is 3.01. The summed E-state index contributed by atoms with van der Waals surface area (Å²) in [7, 11) is -8.43. The highest BCUT2D eigenvalue weighted by Gasteiger charge is 2.18. The molecule has 11 nitrogen and oxygen atoms in total. The lowest BCUT2D eigenvalue weighted by atomic mass is 10.1. The van der Waals surface area contributed by atoms with Gasteiger partial charge in [0.05, 0.1) is 4.90 Å². The average molecular weight is 646 g/mol. The fourth-order valence-corrected chi connectivity index (χ4v) is 5.59. The van der Waals surface area contributed by atoms with Crippen LogP contribution < -0.4 is 28.3 Å². The first kappa shape index (κ1) is 32.6. The third kappa shape index (κ3) is 8.19. The van der Waals surface area contributed by atoms with E-state index in [2.05, 4.69) is 5.32 Å². The molecule has 0 saturated carbocycles. The molecule has 0 fully saturated rings. The predicted molar refractivity (Wildman–Crippen MR) is 181 cm³/mol. The van der Waals surface area contributed by atoms with Crippen molar-refractivity contribution >= 4 is 75.9 Å². The molecular formula is C32H31N5O6S2. The molecule has 0 amide bonds. The second kappa shape index (κ2) is 13.5. The van der Waals surface area contributed by atoms with Crippen LogP contribution in [0.15, 0.2) is 131 Å². The van der Waals surface area contributed by atoms with Crippen molar-refractivity contribution in [2.24, 2.45) is 0 Å². The Morgan fingerprint density at radius 3 is 1.51 bits per heavy atom. The Labute approximate surface area is 260 Å². The Balaban J connectivity index is 0.000000169. The number of hydrogen-bond donors (Lipinski definition) is 7. The zero-order chi connectivity index (χ0) is 32.8. The van der Waals surface area contributed by atoms with Gasteiger partial charge in [0.15, 0.2) is 0 Å². The van der Waals surface area contributed by atoms with Crippen molar-refractivity contribution in [2.75, 3.05) is 28.3 Å². The fraction of sp³-hybridized carbons (Fsp3) is 0. The van der Waals surface area contributed by atoms with Gasteiger partial charge in [-0.3, -0.25) is 9.11 Å². The maximum atomic E-state index is 11.6. The molecule has 0 aliphatic heterocycles. The van der Waals surface area contributed by atoms with Crippen molar-refractivity contribution in [3.63, 3.8) is 0 Å². The normalized spacial score (nSPS) is 11.2. The Morgan fingerprint density at radius 1 is 0.489 bits per heavy atom. The van der Waals surface area contributed by atoms with E-state index in [0.717, 1.165) is 27.8 Å². The van der Waals surface area contributed by atoms with E-state index in [9.17, 15) is 21.4 Å². The van der Waals surface area contributed by atoms with Crippen LogP contribution in [0, 0.1) is 0 Å². The van der Waals surface area contributed by atoms with E-state index in [1.165, 1.54) is 30.3 Å². The van der Waals surface area contributed by atoms with Crippen LogP contribution in [0.4, 0.5) is 34.1 Å². The molecule has 0 heterocycles. The molecule has 6 aromatic carbocycles. The number of rotatable bonds is 4. The molecular weight excluding hydrogens is 615 g/mol. The van der Waals surface area contributed by atoms with E-state index in [-0.39, 0.29) is 9.79 Å². The molecule has 0 aliphatic rings. The number of hydrogen-bond acceptors (Lipinski definition) is 9. The first-order chi connectivity index (χ1) is 21.3. The van der Waals surface area contributed by atoms with Crippen LogP contribution in [0.5, 0.6) is 0 Å². The number of benzene rings is 6. The predicted octanol–water partition coefficient (Wildman–Crippen LogP) is 5.93. The number of anilines is 6. The molecule has 0 spiro atoms. The summed E-state index contributed by atoms with van der Waals surface area (Å²) in [5.41, 5.74) is 26.6. The molecule has 6 rings (SSSR count). The van der Waals surface area contributed by atoms with Gasteiger partial charge in [-0.15, -0.1) is 0 Å². The SMILES string of the molecule is Nc1ccc(N)c2ccccc12.Nc1ccc(Nc2ccccc2)c2c(S(=O)(=O)O)cccc12.Nc1ccc(S(=O)(=O)O)cc1. The molecule has 0 bridgehead atoms. The molecule has 0 saturated heterocycles. The smallest absolute Gasteiger partial charge is 0.295 e. The minimum atomic E-state index is -4.36. The lowest BCUT2D eigenvalue weighted by Crippen LogP contribution is -2.02. The molecule has 45 heavy (non-hydrogen) atoms. The van der Waals surface area contributed by atoms with Gasteiger partial charge in [0.1, 0.15) is 4.90 Å². The molecule has 0 unspecified atom stereocenters. The van der Waals surface area contributed by atoms with Crippen molar-refractivity contribution < 1.29 is 25.9 Å². The van der Waals surface area contributed by atoms with E-state index in [4.69, 9.17) is 27.5 Å². The van der Waals surface area contributed by atoms with Gasteiger partial charge in [-0.2, -0.15) is 16.8 Å². The van der Waals surface area contributed by atoms with Gasteiger partial charge in [0, 0.05) is 55.7 Å². The largest absolute Gasteiger partial charge is 0.399 e. The highest BCUT2D eigenvalue weighted by molar-refractivity contribution is 7.86. The summed E-state index contributed by atoms with van der Waals surface area (Å²) in [6, 6.07) is 34.2. The third-order valence-electron chi connectivity index (χ3n) is 6.54. The lowest BCUT2D eigenvalue weighted by molar-refractivity contribution is 0.481. The quantitative estimate of drug-likeness (QED) is 0.0878. The van der Waals surface area contributed by atoms with Crippen molar-refractivity contribution in [3.8, 4) is 0 Å². The Morgan fingerprint density at radius 2 is 0.978 bits per heavy atom. The molecule has 232 valence electrons. The standard InChI is InChI=1S/C16H14N2O3S.C10H10N2.C6H7NO3S/c17-13-9-10-14(18-11-5-2-1-3-6-11)16-12(13)7-4-8-15(16)22(19,20)21;11-9-5-6-10(12)8-4-2-1-3-7(8)9;7-5-1-3-6(4-2-5)11(8,9)10/h1-10,18H,17H2,(H,19,20,21);1-6H,11-12H2;1-4H,7H2,(H,8,9,10). The summed E-state index contributed by atoms with van der Waals surface area (Å²) in [6.45, 7) is 0. The van der Waals surface area contributed by atoms with Gasteiger partial charge in [0.2, 0.25) is 0 Å². The van der Waals surface area contributed by atoms with E-state index in [0.29, 0.717) is 27.8 Å². The van der Waals surface area contributed by atoms with E-state index in [1.807, 2.05) is 66.7 Å². The third-order valence-corrected chi connectivity index (χ3v) is 8.30. The van der Waals surface area contributed by atoms with Crippen LogP contribution in [0.2, 0.25) is 0 Å². The minimum absolute atomic E-state index is 0.147. The molecule has 13 heteroatoms. The van der Waals surface area contributed by atoms with Crippen LogP contribution in [0.1, 0.15) is 0 Å². The fourth-order valence-electron chi connectivity index (χ4n) is 4.38. The van der Waals surface area contributed by atoms with Gasteiger partial charge in [-0.05, 0) is 66.7 Å². The van der Waals surface area contributed by atoms with Crippen molar-refractivity contribution in [2.45, 2.75) is 9.79 Å². The summed E-state index contributed by atoms with van der Waals surface area (Å²) < 4.78 is 62.2. The van der Waals surface area contributed by atoms with Crippen molar-refractivity contribution in [1.82, 2.24) is 0 Å². The molecule has 0 radical (unpaired) electrons. The first-order valence-corrected chi connectivity index (χ1v) is 16.1. The van der Waals surface area contributed by atoms with E-state index < -0.39 is 20.2 Å². The Hall–Kier alpha value is -5.34. The highest BCUT2D eigenvalue weighted by atomic mass is 32.2. The van der Waals surface area contributed by atoms with Gasteiger partial charge in [0.25, 0.3) is 20.2 Å². The topological polar surface area (TPSA) is 225 Å². The number of nitrogen functional groups attached to an aromatic ring is 4. The summed E-state index contributed by atoms with van der Waals surface area (Å²) in [6.07, 6.45) is 0. The van der Waals surface area contributed by atoms with E-state index in [1.54, 1.807) is 24.3 Å². The zero-order valence-electron chi connectivity index (χ0n) is 23.7. The van der Waals surface area contributed by atoms with Crippen LogP contribution >= 0.6 is 0 Å². The number of nitrogens with two attached hydrogens (primary N) is 4. The number of para-hydroxylation sites is 1. The van der Waals surface area contributed by atoms with Crippen LogP contribution in [-0.2, 0) is 20.2 Å². The van der Waals surface area contributed by atoms with Crippen LogP contribution in [0.25, 0.3) is 21.5 Å². The highest BCUT2D eigenvalue weighted by Crippen LogP contribution is 2.35. The monoisotopic (exact) mass is 645 g/mol. The van der Waals surface area contributed by atoms with Crippen molar-refractivity contribution in [1.29, 1.82) is 0 Å². The van der Waals surface area contributed by atoms with Gasteiger partial charge < -0.3 is 28.3 Å². The lowest BCUT2D eigenvalue weighted by Gasteiger charge is -2.13. The Bertz CT molecular complexity index is 2140. The number of nitrogens with one attached hydrogen (secondary N) is 1. The molecule has 6 aromatic rings. The minimum Gasteiger partial charge on any atom is -0.399 e. The Kier molecular flexibility index (Phi) is 9.79. The summed E-state index contributed by atoms with van der Waals surface area (Å²) >= 11 is 0. The van der Waals surface area contributed by atoms with Gasteiger partial charge in [-0.1, -0.05) is 54.6 Å². The van der Waals surface area contributed by atoms with Crippen LogP contribution in [0.3, 0.4) is 0 Å². The van der Waals surface area contributed by atoms with Gasteiger partial charge >= 0.3 is 0 Å². The van der Waals surface area contributed by atoms with E-state index >= 15 is 0 Å². The second-order valence-corrected chi connectivity index (χ2v) is 12.5. The van der Waals surface area contributed by atoms with Crippen molar-refractivity contribution in [3.05, 3.63) is 121 Å². The summed E-state index contributed by atoms with van der Waals surface area (Å²) in [4.78, 5) is -0.317. The van der Waals surface area contributed by atoms with Crippen LogP contribution in [-0.4, -0.2) is 25.9 Å². The zero-order valence-corrected chi connectivity index (χ0v) is 25.3. The summed E-state index contributed by atoms with van der Waals surface area (Å²) in [5, 5.41) is 6.14. The molecule has 0 atom stereocenters. The maximum absolute atomic E-state index is 11.6. The summed E-state index contributed by atoms with van der Waals surface area (Å²) in [5.74, 6) is 0. The van der Waals surface area contributed by atoms with Gasteiger partial charge in [-0.25, -0.2) is 0 Å². The molecule has 11 N–H and O–H groups in total. The maximum Gasteiger partial charge on any atom is 0.295 e. The molecule has 0 aromatic heterocycles. The second-order valence-electron chi connectivity index (χ2n) is 9.68. The first-order valence-electron chi connectivity index (χ1n) is 13.2.